The zero-order valence-corrected chi connectivity index (χ0v) is 9.77. The van der Waals surface area contributed by atoms with E-state index in [1.165, 1.54) is 12.3 Å². The fraction of sp³-hybridized carbons (Fsp3) is 0.0769. The highest BCUT2D eigenvalue weighted by molar-refractivity contribution is 5.95. The van der Waals surface area contributed by atoms with Gasteiger partial charge in [-0.05, 0) is 36.8 Å². The van der Waals surface area contributed by atoms with Crippen LogP contribution in [0.25, 0.3) is 0 Å². The van der Waals surface area contributed by atoms with Gasteiger partial charge < -0.3 is 10.5 Å². The third kappa shape index (κ3) is 2.45. The van der Waals surface area contributed by atoms with Crippen LogP contribution in [-0.4, -0.2) is 10.8 Å². The van der Waals surface area contributed by atoms with Gasteiger partial charge in [-0.15, -0.1) is 0 Å². The molecule has 0 bridgehead atoms. The van der Waals surface area contributed by atoms with E-state index in [1.54, 1.807) is 24.3 Å². The molecule has 1 aromatic heterocycles. The Balaban J connectivity index is 2.40. The van der Waals surface area contributed by atoms with E-state index in [0.717, 1.165) is 5.56 Å². The van der Waals surface area contributed by atoms with Crippen LogP contribution in [0.1, 0.15) is 11.3 Å². The SMILES string of the molecule is Cc1ccc(F)c(Oc2cccnc2C(=N)N)c1. The van der Waals surface area contributed by atoms with Crippen LogP contribution >= 0.6 is 0 Å². The molecule has 4 nitrogen and oxygen atoms in total. The first-order valence-corrected chi connectivity index (χ1v) is 5.31. The minimum absolute atomic E-state index is 0.0884. The summed E-state index contributed by atoms with van der Waals surface area (Å²) >= 11 is 0. The molecule has 0 fully saturated rings. The Morgan fingerprint density at radius 2 is 2.11 bits per heavy atom. The predicted molar refractivity (Wildman–Crippen MR) is 66.5 cm³/mol. The van der Waals surface area contributed by atoms with E-state index < -0.39 is 5.82 Å². The summed E-state index contributed by atoms with van der Waals surface area (Å²) in [5.41, 5.74) is 6.45. The average Bonchev–Trinajstić information content (AvgIpc) is 2.34. The lowest BCUT2D eigenvalue weighted by atomic mass is 10.2. The third-order valence-electron chi connectivity index (χ3n) is 2.33. The standard InChI is InChI=1S/C13H12FN3O/c1-8-4-5-9(14)11(7-8)18-10-3-2-6-17-12(10)13(15)16/h2-7H,1H3,(H3,15,16). The Labute approximate surface area is 104 Å². The number of ether oxygens (including phenoxy) is 1. The van der Waals surface area contributed by atoms with E-state index in [-0.39, 0.29) is 23.0 Å². The first kappa shape index (κ1) is 12.0. The number of nitrogens with one attached hydrogen (secondary N) is 1. The Morgan fingerprint density at radius 3 is 2.83 bits per heavy atom. The molecule has 0 aliphatic rings. The number of nitrogen functional groups attached to an aromatic ring is 1. The van der Waals surface area contributed by atoms with Crippen LogP contribution in [-0.2, 0) is 0 Å². The number of aromatic nitrogens is 1. The number of aryl methyl sites for hydroxylation is 1. The van der Waals surface area contributed by atoms with Crippen molar-refractivity contribution < 1.29 is 9.13 Å². The Bertz CT molecular complexity index is 599. The van der Waals surface area contributed by atoms with Crippen molar-refractivity contribution in [2.24, 2.45) is 5.73 Å². The minimum Gasteiger partial charge on any atom is -0.452 e. The van der Waals surface area contributed by atoms with Gasteiger partial charge in [0.15, 0.2) is 17.3 Å². The Hall–Kier alpha value is -2.43. The highest BCUT2D eigenvalue weighted by atomic mass is 19.1. The number of halogens is 1. The third-order valence-corrected chi connectivity index (χ3v) is 2.33. The molecule has 0 saturated heterocycles. The van der Waals surface area contributed by atoms with E-state index in [2.05, 4.69) is 4.98 Å². The average molecular weight is 245 g/mol. The summed E-state index contributed by atoms with van der Waals surface area (Å²) in [6.07, 6.45) is 1.50. The quantitative estimate of drug-likeness (QED) is 0.645. The smallest absolute Gasteiger partial charge is 0.165 e. The maximum atomic E-state index is 13.6. The molecule has 0 spiro atoms. The number of nitrogens with two attached hydrogens (primary N) is 1. The molecule has 18 heavy (non-hydrogen) atoms. The topological polar surface area (TPSA) is 72.0 Å². The summed E-state index contributed by atoms with van der Waals surface area (Å²) < 4.78 is 19.0. The van der Waals surface area contributed by atoms with Gasteiger partial charge in [-0.25, -0.2) is 9.37 Å². The van der Waals surface area contributed by atoms with Crippen LogP contribution in [0.5, 0.6) is 11.5 Å². The number of pyridine rings is 1. The van der Waals surface area contributed by atoms with Gasteiger partial charge in [0.1, 0.15) is 11.5 Å². The van der Waals surface area contributed by atoms with Crippen LogP contribution in [0.4, 0.5) is 4.39 Å². The molecule has 0 aliphatic heterocycles. The number of benzene rings is 1. The number of nitrogens with zero attached hydrogens (tertiary/aromatic N) is 1. The second-order valence-electron chi connectivity index (χ2n) is 3.80. The second kappa shape index (κ2) is 4.83. The largest absolute Gasteiger partial charge is 0.452 e. The molecule has 0 aliphatic carbocycles. The fourth-order valence-electron chi connectivity index (χ4n) is 1.48. The van der Waals surface area contributed by atoms with Crippen molar-refractivity contribution >= 4 is 5.84 Å². The van der Waals surface area contributed by atoms with Gasteiger partial charge >= 0.3 is 0 Å². The summed E-state index contributed by atoms with van der Waals surface area (Å²) in [7, 11) is 0. The lowest BCUT2D eigenvalue weighted by molar-refractivity contribution is 0.439. The van der Waals surface area contributed by atoms with Crippen LogP contribution in [0.3, 0.4) is 0 Å². The minimum atomic E-state index is -0.473. The summed E-state index contributed by atoms with van der Waals surface area (Å²) in [4.78, 5) is 3.93. The molecule has 5 heteroatoms. The monoisotopic (exact) mass is 245 g/mol. The molecule has 2 aromatic rings. The molecular weight excluding hydrogens is 233 g/mol. The molecule has 3 N–H and O–H groups in total. The van der Waals surface area contributed by atoms with Gasteiger partial charge in [0.05, 0.1) is 0 Å². The van der Waals surface area contributed by atoms with Crippen LogP contribution in [0.15, 0.2) is 36.5 Å². The molecule has 2 rings (SSSR count). The summed E-state index contributed by atoms with van der Waals surface area (Å²) in [5.74, 6) is -0.349. The maximum absolute atomic E-state index is 13.6. The van der Waals surface area contributed by atoms with Gasteiger partial charge in [0.2, 0.25) is 0 Å². The van der Waals surface area contributed by atoms with E-state index in [4.69, 9.17) is 15.9 Å². The predicted octanol–water partition coefficient (Wildman–Crippen LogP) is 2.61. The Kier molecular flexibility index (Phi) is 3.23. The van der Waals surface area contributed by atoms with Crippen LogP contribution < -0.4 is 10.5 Å². The van der Waals surface area contributed by atoms with Crippen molar-refractivity contribution in [1.29, 1.82) is 5.41 Å². The zero-order valence-electron chi connectivity index (χ0n) is 9.77. The van der Waals surface area contributed by atoms with Crippen molar-refractivity contribution in [1.82, 2.24) is 4.98 Å². The van der Waals surface area contributed by atoms with E-state index in [9.17, 15) is 4.39 Å². The van der Waals surface area contributed by atoms with Crippen LogP contribution in [0.2, 0.25) is 0 Å². The van der Waals surface area contributed by atoms with Gasteiger partial charge in [0.25, 0.3) is 0 Å². The van der Waals surface area contributed by atoms with E-state index >= 15 is 0 Å². The summed E-state index contributed by atoms with van der Waals surface area (Å²) in [5, 5.41) is 7.38. The highest BCUT2D eigenvalue weighted by Gasteiger charge is 2.11. The normalized spacial score (nSPS) is 10.1. The summed E-state index contributed by atoms with van der Waals surface area (Å²) in [6.45, 7) is 1.83. The zero-order chi connectivity index (χ0) is 13.1. The number of hydrogen-bond acceptors (Lipinski definition) is 3. The number of hydrogen-bond donors (Lipinski definition) is 2. The van der Waals surface area contributed by atoms with Crippen molar-refractivity contribution in [3.8, 4) is 11.5 Å². The van der Waals surface area contributed by atoms with Crippen molar-refractivity contribution in [2.45, 2.75) is 6.92 Å². The molecule has 0 radical (unpaired) electrons. The lowest BCUT2D eigenvalue weighted by Crippen LogP contribution is -2.14. The lowest BCUT2D eigenvalue weighted by Gasteiger charge is -2.10. The first-order valence-electron chi connectivity index (χ1n) is 5.31. The number of amidine groups is 1. The van der Waals surface area contributed by atoms with E-state index in [0.29, 0.717) is 0 Å². The molecule has 0 atom stereocenters. The maximum Gasteiger partial charge on any atom is 0.165 e. The van der Waals surface area contributed by atoms with Gasteiger partial charge in [-0.2, -0.15) is 0 Å². The van der Waals surface area contributed by atoms with E-state index in [1.807, 2.05) is 6.92 Å². The molecule has 0 saturated carbocycles. The molecular formula is C13H12FN3O. The molecule has 1 aromatic carbocycles. The highest BCUT2D eigenvalue weighted by Crippen LogP contribution is 2.26. The second-order valence-corrected chi connectivity index (χ2v) is 3.80. The van der Waals surface area contributed by atoms with Crippen LogP contribution in [0, 0.1) is 18.2 Å². The Morgan fingerprint density at radius 1 is 1.33 bits per heavy atom. The van der Waals surface area contributed by atoms with Gasteiger partial charge in [-0.1, -0.05) is 6.07 Å². The summed E-state index contributed by atoms with van der Waals surface area (Å²) in [6, 6.07) is 7.78. The fourth-order valence-corrected chi connectivity index (χ4v) is 1.48. The molecule has 1 heterocycles. The van der Waals surface area contributed by atoms with Gasteiger partial charge in [0, 0.05) is 6.20 Å². The molecule has 0 amide bonds. The first-order chi connectivity index (χ1) is 8.58. The number of rotatable bonds is 3. The van der Waals surface area contributed by atoms with Gasteiger partial charge in [-0.3, -0.25) is 5.41 Å². The molecule has 92 valence electrons. The van der Waals surface area contributed by atoms with Crippen molar-refractivity contribution in [2.75, 3.05) is 0 Å². The van der Waals surface area contributed by atoms with Crippen molar-refractivity contribution in [3.05, 3.63) is 53.6 Å². The molecule has 0 unspecified atom stereocenters. The van der Waals surface area contributed by atoms with Crippen molar-refractivity contribution in [3.63, 3.8) is 0 Å².